The van der Waals surface area contributed by atoms with E-state index >= 15 is 0 Å². The van der Waals surface area contributed by atoms with Crippen LogP contribution >= 0.6 is 23.2 Å². The molecule has 0 fully saturated rings. The molecule has 0 radical (unpaired) electrons. The van der Waals surface area contributed by atoms with Crippen LogP contribution in [0.25, 0.3) is 0 Å². The van der Waals surface area contributed by atoms with Gasteiger partial charge in [0.2, 0.25) is 5.91 Å². The molecular formula is C12H15Cl2N3O2. The van der Waals surface area contributed by atoms with Crippen LogP contribution in [0.3, 0.4) is 0 Å². The maximum absolute atomic E-state index is 12.0. The predicted octanol–water partition coefficient (Wildman–Crippen LogP) is 1.98. The first-order valence-corrected chi connectivity index (χ1v) is 6.50. The minimum absolute atomic E-state index is 0.00738. The summed E-state index contributed by atoms with van der Waals surface area (Å²) in [5, 5.41) is 2.89. The lowest BCUT2D eigenvalue weighted by atomic mass is 10.2. The number of rotatable bonds is 4. The highest BCUT2D eigenvalue weighted by molar-refractivity contribution is 6.34. The molecule has 104 valence electrons. The van der Waals surface area contributed by atoms with Gasteiger partial charge in [0.15, 0.2) is 0 Å². The van der Waals surface area contributed by atoms with Crippen LogP contribution in [0.1, 0.15) is 24.3 Å². The van der Waals surface area contributed by atoms with Gasteiger partial charge in [0.25, 0.3) is 5.91 Å². The van der Waals surface area contributed by atoms with Crippen molar-refractivity contribution in [3.05, 3.63) is 28.0 Å². The Morgan fingerprint density at radius 3 is 2.63 bits per heavy atom. The SMILES string of the molecule is CCN(C)C(=O)C(C)NC(=O)c1nc(Cl)ccc1Cl. The van der Waals surface area contributed by atoms with Crippen LogP contribution in [0, 0.1) is 0 Å². The van der Waals surface area contributed by atoms with Gasteiger partial charge in [-0.3, -0.25) is 9.59 Å². The van der Waals surface area contributed by atoms with Gasteiger partial charge in [-0.25, -0.2) is 4.98 Å². The number of hydrogen-bond acceptors (Lipinski definition) is 3. The van der Waals surface area contributed by atoms with Gasteiger partial charge in [-0.15, -0.1) is 0 Å². The molecule has 0 aliphatic rings. The third kappa shape index (κ3) is 4.08. The average molecular weight is 304 g/mol. The Labute approximate surface area is 121 Å². The van der Waals surface area contributed by atoms with E-state index in [1.165, 1.54) is 17.0 Å². The predicted molar refractivity (Wildman–Crippen MR) is 74.5 cm³/mol. The van der Waals surface area contributed by atoms with Gasteiger partial charge in [0.05, 0.1) is 5.02 Å². The number of aromatic nitrogens is 1. The molecule has 5 nitrogen and oxygen atoms in total. The Morgan fingerprint density at radius 2 is 2.05 bits per heavy atom. The number of nitrogens with one attached hydrogen (secondary N) is 1. The van der Waals surface area contributed by atoms with Crippen molar-refractivity contribution in [1.29, 1.82) is 0 Å². The molecule has 7 heteroatoms. The fourth-order valence-corrected chi connectivity index (χ4v) is 1.73. The van der Waals surface area contributed by atoms with E-state index in [2.05, 4.69) is 10.3 Å². The summed E-state index contributed by atoms with van der Waals surface area (Å²) < 4.78 is 0. The van der Waals surface area contributed by atoms with Crippen molar-refractivity contribution in [2.45, 2.75) is 19.9 Å². The molecule has 1 rings (SSSR count). The van der Waals surface area contributed by atoms with E-state index in [-0.39, 0.29) is 21.8 Å². The third-order valence-electron chi connectivity index (χ3n) is 2.60. The summed E-state index contributed by atoms with van der Waals surface area (Å²) in [7, 11) is 1.66. The summed E-state index contributed by atoms with van der Waals surface area (Å²) >= 11 is 11.6. The van der Waals surface area contributed by atoms with Gasteiger partial charge in [-0.1, -0.05) is 23.2 Å². The molecule has 1 heterocycles. The minimum atomic E-state index is -0.658. The fourth-order valence-electron chi connectivity index (χ4n) is 1.39. The van der Waals surface area contributed by atoms with Crippen molar-refractivity contribution in [3.63, 3.8) is 0 Å². The van der Waals surface area contributed by atoms with Gasteiger partial charge < -0.3 is 10.2 Å². The van der Waals surface area contributed by atoms with Crippen LogP contribution in [0.5, 0.6) is 0 Å². The zero-order valence-corrected chi connectivity index (χ0v) is 12.4. The van der Waals surface area contributed by atoms with Crippen molar-refractivity contribution in [3.8, 4) is 0 Å². The second kappa shape index (κ2) is 6.73. The molecule has 0 saturated carbocycles. The summed E-state index contributed by atoms with van der Waals surface area (Å²) in [4.78, 5) is 29.1. The van der Waals surface area contributed by atoms with E-state index in [0.29, 0.717) is 6.54 Å². The number of pyridine rings is 1. The molecule has 0 spiro atoms. The molecule has 1 aromatic rings. The Bertz CT molecular complexity index is 494. The number of nitrogens with zero attached hydrogens (tertiary/aromatic N) is 2. The topological polar surface area (TPSA) is 62.3 Å². The first kappa shape index (κ1) is 15.7. The second-order valence-corrected chi connectivity index (χ2v) is 4.81. The van der Waals surface area contributed by atoms with Gasteiger partial charge in [0, 0.05) is 13.6 Å². The van der Waals surface area contributed by atoms with E-state index < -0.39 is 11.9 Å². The molecule has 0 aromatic carbocycles. The Kier molecular flexibility index (Phi) is 5.57. The van der Waals surface area contributed by atoms with E-state index in [1.807, 2.05) is 6.92 Å². The second-order valence-electron chi connectivity index (χ2n) is 4.01. The van der Waals surface area contributed by atoms with Crippen molar-refractivity contribution in [1.82, 2.24) is 15.2 Å². The number of carbonyl (C=O) groups is 2. The van der Waals surface area contributed by atoms with Crippen molar-refractivity contribution in [2.75, 3.05) is 13.6 Å². The van der Waals surface area contributed by atoms with Gasteiger partial charge in [-0.05, 0) is 26.0 Å². The zero-order chi connectivity index (χ0) is 14.6. The van der Waals surface area contributed by atoms with Crippen LogP contribution in [0.2, 0.25) is 10.2 Å². The molecule has 2 amide bonds. The number of amides is 2. The lowest BCUT2D eigenvalue weighted by Gasteiger charge is -2.20. The summed E-state index contributed by atoms with van der Waals surface area (Å²) in [5.74, 6) is -0.716. The summed E-state index contributed by atoms with van der Waals surface area (Å²) in [6.07, 6.45) is 0. The molecule has 19 heavy (non-hydrogen) atoms. The smallest absolute Gasteiger partial charge is 0.272 e. The Hall–Kier alpha value is -1.33. The number of hydrogen-bond donors (Lipinski definition) is 1. The van der Waals surface area contributed by atoms with Crippen molar-refractivity contribution >= 4 is 35.0 Å². The molecule has 0 aliphatic heterocycles. The average Bonchev–Trinajstić information content (AvgIpc) is 2.39. The monoisotopic (exact) mass is 303 g/mol. The molecule has 1 unspecified atom stereocenters. The van der Waals surface area contributed by atoms with Crippen LogP contribution in [0.4, 0.5) is 0 Å². The van der Waals surface area contributed by atoms with Gasteiger partial charge >= 0.3 is 0 Å². The molecule has 1 N–H and O–H groups in total. The summed E-state index contributed by atoms with van der Waals surface area (Å²) in [6, 6.07) is 2.31. The van der Waals surface area contributed by atoms with E-state index in [0.717, 1.165) is 0 Å². The number of halogens is 2. The number of likely N-dealkylation sites (N-methyl/N-ethyl adjacent to an activating group) is 1. The first-order chi connectivity index (χ1) is 8.86. The molecule has 0 aliphatic carbocycles. The van der Waals surface area contributed by atoms with Crippen LogP contribution in [0.15, 0.2) is 12.1 Å². The highest BCUT2D eigenvalue weighted by Crippen LogP contribution is 2.16. The summed E-state index contributed by atoms with van der Waals surface area (Å²) in [6.45, 7) is 4.02. The van der Waals surface area contributed by atoms with Crippen molar-refractivity contribution in [2.24, 2.45) is 0 Å². The van der Waals surface area contributed by atoms with Crippen molar-refractivity contribution < 1.29 is 9.59 Å². The van der Waals surface area contributed by atoms with E-state index in [4.69, 9.17) is 23.2 Å². The lowest BCUT2D eigenvalue weighted by Crippen LogP contribution is -2.45. The highest BCUT2D eigenvalue weighted by Gasteiger charge is 2.21. The fraction of sp³-hybridized carbons (Fsp3) is 0.417. The van der Waals surface area contributed by atoms with Crippen LogP contribution in [-0.2, 0) is 4.79 Å². The molecule has 0 saturated heterocycles. The molecular weight excluding hydrogens is 289 g/mol. The van der Waals surface area contributed by atoms with E-state index in [9.17, 15) is 9.59 Å². The molecule has 1 aromatic heterocycles. The van der Waals surface area contributed by atoms with Gasteiger partial charge in [0.1, 0.15) is 16.9 Å². The number of carbonyl (C=O) groups excluding carboxylic acids is 2. The van der Waals surface area contributed by atoms with Gasteiger partial charge in [-0.2, -0.15) is 0 Å². The van der Waals surface area contributed by atoms with E-state index in [1.54, 1.807) is 14.0 Å². The zero-order valence-electron chi connectivity index (χ0n) is 10.9. The normalized spacial score (nSPS) is 11.8. The Balaban J connectivity index is 2.80. The molecule has 0 bridgehead atoms. The largest absolute Gasteiger partial charge is 0.344 e. The Morgan fingerprint density at radius 1 is 1.42 bits per heavy atom. The van der Waals surface area contributed by atoms with Crippen LogP contribution in [-0.4, -0.2) is 41.3 Å². The highest BCUT2D eigenvalue weighted by atomic mass is 35.5. The maximum atomic E-state index is 12.0. The standard InChI is InChI=1S/C12H15Cl2N3O2/c1-4-17(3)12(19)7(2)15-11(18)10-8(13)5-6-9(14)16-10/h5-7H,4H2,1-3H3,(H,15,18). The minimum Gasteiger partial charge on any atom is -0.344 e. The maximum Gasteiger partial charge on any atom is 0.272 e. The quantitative estimate of drug-likeness (QED) is 0.865. The first-order valence-electron chi connectivity index (χ1n) is 5.74. The van der Waals surface area contributed by atoms with Crippen LogP contribution < -0.4 is 5.32 Å². The lowest BCUT2D eigenvalue weighted by molar-refractivity contribution is -0.131. The summed E-state index contributed by atoms with van der Waals surface area (Å²) in [5.41, 5.74) is 0.00738. The molecule has 1 atom stereocenters. The third-order valence-corrected chi connectivity index (χ3v) is 3.11.